The molecule has 0 aromatic heterocycles. The van der Waals surface area contributed by atoms with Crippen LogP contribution in [0.1, 0.15) is 19.3 Å². The lowest BCUT2D eigenvalue weighted by atomic mass is 10.2. The fourth-order valence-electron chi connectivity index (χ4n) is 1.28. The normalized spacial score (nSPS) is 15.6. The topological polar surface area (TPSA) is 72.6 Å². The second kappa shape index (κ2) is 5.51. The zero-order valence-corrected chi connectivity index (χ0v) is 7.94. The minimum Gasteiger partial charge on any atom is -0.305 e. The van der Waals surface area contributed by atoms with Crippen LogP contribution >= 0.6 is 0 Å². The van der Waals surface area contributed by atoms with E-state index in [4.69, 9.17) is 5.90 Å². The van der Waals surface area contributed by atoms with Gasteiger partial charge in [0.05, 0.1) is 6.61 Å². The lowest BCUT2D eigenvalue weighted by Crippen LogP contribution is -2.30. The Morgan fingerprint density at radius 2 is 1.79 bits per heavy atom. The lowest BCUT2D eigenvalue weighted by molar-refractivity contribution is -0.136. The van der Waals surface area contributed by atoms with Crippen molar-refractivity contribution in [1.29, 1.82) is 0 Å². The molecule has 1 rings (SSSR count). The van der Waals surface area contributed by atoms with Crippen molar-refractivity contribution in [3.63, 3.8) is 0 Å². The van der Waals surface area contributed by atoms with Gasteiger partial charge in [-0.3, -0.25) is 14.5 Å². The Bertz CT molecular complexity index is 232. The lowest BCUT2D eigenvalue weighted by Gasteiger charge is -2.12. The summed E-state index contributed by atoms with van der Waals surface area (Å²) in [6.07, 6.45) is 5.13. The van der Waals surface area contributed by atoms with Crippen molar-refractivity contribution in [3.05, 3.63) is 12.2 Å². The first kappa shape index (κ1) is 10.9. The van der Waals surface area contributed by atoms with Crippen molar-refractivity contribution >= 4 is 11.8 Å². The molecule has 0 aromatic carbocycles. The van der Waals surface area contributed by atoms with E-state index in [0.29, 0.717) is 13.2 Å². The van der Waals surface area contributed by atoms with Gasteiger partial charge in [-0.25, -0.2) is 5.90 Å². The van der Waals surface area contributed by atoms with Gasteiger partial charge in [0.2, 0.25) is 0 Å². The van der Waals surface area contributed by atoms with E-state index >= 15 is 0 Å². The van der Waals surface area contributed by atoms with E-state index in [9.17, 15) is 9.59 Å². The van der Waals surface area contributed by atoms with Crippen LogP contribution in [0.2, 0.25) is 0 Å². The molecule has 0 spiro atoms. The summed E-state index contributed by atoms with van der Waals surface area (Å²) in [5.74, 6) is 4.41. The van der Waals surface area contributed by atoms with Gasteiger partial charge in [0.25, 0.3) is 11.8 Å². The Hall–Kier alpha value is -1.20. The standard InChI is InChI=1S/C9H14N2O3/c10-14-7-3-1-2-6-11-8(12)4-5-9(11)13/h4-5H,1-3,6-7,10H2. The van der Waals surface area contributed by atoms with Crippen LogP contribution in [0.3, 0.4) is 0 Å². The Kier molecular flexibility index (Phi) is 4.28. The van der Waals surface area contributed by atoms with Gasteiger partial charge in [-0.1, -0.05) is 0 Å². The molecule has 1 aliphatic rings. The molecule has 0 aromatic rings. The Morgan fingerprint density at radius 1 is 1.14 bits per heavy atom. The van der Waals surface area contributed by atoms with Crippen molar-refractivity contribution in [2.75, 3.05) is 13.2 Å². The molecule has 0 bridgehead atoms. The van der Waals surface area contributed by atoms with Gasteiger partial charge in [0.15, 0.2) is 0 Å². The molecule has 0 atom stereocenters. The number of nitrogens with two attached hydrogens (primary N) is 1. The number of carbonyl (C=O) groups is 2. The van der Waals surface area contributed by atoms with Gasteiger partial charge >= 0.3 is 0 Å². The number of rotatable bonds is 6. The van der Waals surface area contributed by atoms with Crippen LogP contribution in [0.5, 0.6) is 0 Å². The van der Waals surface area contributed by atoms with E-state index in [2.05, 4.69) is 4.84 Å². The predicted octanol–water partition coefficient (Wildman–Crippen LogP) is -0.0280. The number of imide groups is 1. The van der Waals surface area contributed by atoms with Crippen molar-refractivity contribution in [1.82, 2.24) is 4.90 Å². The summed E-state index contributed by atoms with van der Waals surface area (Å²) in [5, 5.41) is 0. The zero-order chi connectivity index (χ0) is 10.4. The number of hydrogen-bond acceptors (Lipinski definition) is 4. The van der Waals surface area contributed by atoms with Gasteiger partial charge in [0, 0.05) is 18.7 Å². The molecule has 2 N–H and O–H groups in total. The highest BCUT2D eigenvalue weighted by molar-refractivity contribution is 6.12. The fraction of sp³-hybridized carbons (Fsp3) is 0.556. The molecule has 5 nitrogen and oxygen atoms in total. The highest BCUT2D eigenvalue weighted by Gasteiger charge is 2.21. The maximum absolute atomic E-state index is 11.1. The summed E-state index contributed by atoms with van der Waals surface area (Å²) >= 11 is 0. The van der Waals surface area contributed by atoms with Gasteiger partial charge in [-0.05, 0) is 19.3 Å². The number of amides is 2. The number of hydrogen-bond donors (Lipinski definition) is 1. The largest absolute Gasteiger partial charge is 0.305 e. The third kappa shape index (κ3) is 2.93. The van der Waals surface area contributed by atoms with Gasteiger partial charge in [0.1, 0.15) is 0 Å². The second-order valence-corrected chi connectivity index (χ2v) is 3.09. The molecule has 0 radical (unpaired) electrons. The maximum Gasteiger partial charge on any atom is 0.253 e. The molecule has 0 saturated carbocycles. The monoisotopic (exact) mass is 198 g/mol. The molecule has 5 heteroatoms. The first-order chi connectivity index (χ1) is 6.75. The summed E-state index contributed by atoms with van der Waals surface area (Å²) in [6, 6.07) is 0. The van der Waals surface area contributed by atoms with E-state index < -0.39 is 0 Å². The summed E-state index contributed by atoms with van der Waals surface area (Å²) in [5.41, 5.74) is 0. The van der Waals surface area contributed by atoms with Crippen LogP contribution < -0.4 is 5.90 Å². The first-order valence-corrected chi connectivity index (χ1v) is 4.61. The van der Waals surface area contributed by atoms with E-state index in [1.807, 2.05) is 0 Å². The predicted molar refractivity (Wildman–Crippen MR) is 49.9 cm³/mol. The van der Waals surface area contributed by atoms with E-state index in [-0.39, 0.29) is 11.8 Å². The average molecular weight is 198 g/mol. The Morgan fingerprint density at radius 3 is 2.36 bits per heavy atom. The summed E-state index contributed by atoms with van der Waals surface area (Å²) in [6.45, 7) is 0.995. The molecule has 0 unspecified atom stereocenters. The molecule has 0 saturated heterocycles. The zero-order valence-electron chi connectivity index (χ0n) is 7.94. The molecular formula is C9H14N2O3. The number of carbonyl (C=O) groups excluding carboxylic acids is 2. The highest BCUT2D eigenvalue weighted by Crippen LogP contribution is 2.06. The van der Waals surface area contributed by atoms with Crippen LogP contribution in [0, 0.1) is 0 Å². The molecule has 78 valence electrons. The minimum absolute atomic E-state index is 0.218. The maximum atomic E-state index is 11.1. The smallest absolute Gasteiger partial charge is 0.253 e. The average Bonchev–Trinajstić information content (AvgIpc) is 2.48. The molecule has 1 heterocycles. The molecule has 0 aliphatic carbocycles. The Balaban J connectivity index is 2.13. The summed E-state index contributed by atoms with van der Waals surface area (Å²) in [7, 11) is 0. The molecule has 0 fully saturated rings. The SMILES string of the molecule is NOCCCCCN1C(=O)C=CC1=O. The minimum atomic E-state index is -0.218. The van der Waals surface area contributed by atoms with E-state index in [1.54, 1.807) is 0 Å². The van der Waals surface area contributed by atoms with Crippen LogP contribution in [-0.2, 0) is 14.4 Å². The van der Waals surface area contributed by atoms with Crippen molar-refractivity contribution in [3.8, 4) is 0 Å². The molecule has 1 aliphatic heterocycles. The van der Waals surface area contributed by atoms with Gasteiger partial charge < -0.3 is 4.84 Å². The molecule has 14 heavy (non-hydrogen) atoms. The molecule has 2 amide bonds. The highest BCUT2D eigenvalue weighted by atomic mass is 16.6. The second-order valence-electron chi connectivity index (χ2n) is 3.09. The summed E-state index contributed by atoms with van der Waals surface area (Å²) in [4.78, 5) is 27.8. The fourth-order valence-corrected chi connectivity index (χ4v) is 1.28. The van der Waals surface area contributed by atoms with Crippen LogP contribution in [0.15, 0.2) is 12.2 Å². The Labute approximate surface area is 82.5 Å². The van der Waals surface area contributed by atoms with Gasteiger partial charge in [-0.15, -0.1) is 0 Å². The van der Waals surface area contributed by atoms with Gasteiger partial charge in [-0.2, -0.15) is 0 Å². The summed E-state index contributed by atoms with van der Waals surface area (Å²) < 4.78 is 0. The molecular weight excluding hydrogens is 184 g/mol. The van der Waals surface area contributed by atoms with Crippen LogP contribution in [0.25, 0.3) is 0 Å². The van der Waals surface area contributed by atoms with E-state index in [1.165, 1.54) is 17.1 Å². The van der Waals surface area contributed by atoms with Crippen molar-refractivity contribution in [2.45, 2.75) is 19.3 Å². The van der Waals surface area contributed by atoms with Crippen molar-refractivity contribution in [2.24, 2.45) is 5.90 Å². The third-order valence-electron chi connectivity index (χ3n) is 2.04. The third-order valence-corrected chi connectivity index (χ3v) is 2.04. The van der Waals surface area contributed by atoms with Crippen LogP contribution in [0.4, 0.5) is 0 Å². The van der Waals surface area contributed by atoms with Crippen LogP contribution in [-0.4, -0.2) is 29.9 Å². The van der Waals surface area contributed by atoms with E-state index in [0.717, 1.165) is 19.3 Å². The first-order valence-electron chi connectivity index (χ1n) is 4.61. The number of nitrogens with zero attached hydrogens (tertiary/aromatic N) is 1. The quantitative estimate of drug-likeness (QED) is 0.369. The van der Waals surface area contributed by atoms with Crippen molar-refractivity contribution < 1.29 is 14.4 Å². The number of unbranched alkanes of at least 4 members (excludes halogenated alkanes) is 2.